The van der Waals surface area contributed by atoms with Gasteiger partial charge in [0.2, 0.25) is 10.0 Å². The number of rotatable bonds is 6. The van der Waals surface area contributed by atoms with E-state index in [0.29, 0.717) is 24.2 Å². The van der Waals surface area contributed by atoms with Crippen LogP contribution in [0.1, 0.15) is 45.7 Å². The average Bonchev–Trinajstić information content (AvgIpc) is 2.67. The molecule has 2 aromatic rings. The number of carbonyl (C=O) groups is 2. The maximum Gasteiger partial charge on any atom is 0.270 e. The molecule has 28 heavy (non-hydrogen) atoms. The van der Waals surface area contributed by atoms with E-state index in [1.54, 1.807) is 51.1 Å². The van der Waals surface area contributed by atoms with Crippen LogP contribution < -0.4 is 10.9 Å². The Morgan fingerprint density at radius 2 is 1.46 bits per heavy atom. The third-order valence-electron chi connectivity index (χ3n) is 4.40. The highest BCUT2D eigenvalue weighted by Gasteiger charge is 2.23. The zero-order chi connectivity index (χ0) is 20.9. The Labute approximate surface area is 165 Å². The van der Waals surface area contributed by atoms with Gasteiger partial charge in [0.15, 0.2) is 0 Å². The Bertz CT molecular complexity index is 965. The molecule has 0 bridgehead atoms. The maximum absolute atomic E-state index is 12.7. The highest BCUT2D eigenvalue weighted by molar-refractivity contribution is 7.89. The predicted octanol–water partition coefficient (Wildman–Crippen LogP) is 2.41. The summed E-state index contributed by atoms with van der Waals surface area (Å²) in [4.78, 5) is 24.7. The molecule has 150 valence electrons. The molecule has 0 atom stereocenters. The molecule has 0 aliphatic carbocycles. The minimum atomic E-state index is -3.69. The fraction of sp³-hybridized carbons (Fsp3) is 0.300. The number of carbonyl (C=O) groups excluding carboxylic acids is 2. The first-order valence-corrected chi connectivity index (χ1v) is 10.4. The summed E-state index contributed by atoms with van der Waals surface area (Å²) in [5, 5.41) is 0. The van der Waals surface area contributed by atoms with Gasteiger partial charge in [-0.25, -0.2) is 8.42 Å². The summed E-state index contributed by atoms with van der Waals surface area (Å²) in [5.41, 5.74) is 6.89. The Kier molecular flexibility index (Phi) is 6.93. The van der Waals surface area contributed by atoms with Crippen LogP contribution >= 0.6 is 0 Å². The summed E-state index contributed by atoms with van der Waals surface area (Å²) >= 11 is 0. The molecule has 0 saturated carbocycles. The third-order valence-corrected chi connectivity index (χ3v) is 6.45. The number of hydrazine groups is 1. The SMILES string of the molecule is CCN(CC)S(=O)(=O)c1ccc(C)c(C(=O)NNC(=O)c2ccc(C)cc2)c1. The van der Waals surface area contributed by atoms with E-state index in [-0.39, 0.29) is 10.5 Å². The molecule has 0 fully saturated rings. The number of nitrogens with one attached hydrogen (secondary N) is 2. The second-order valence-corrected chi connectivity index (χ2v) is 8.28. The van der Waals surface area contributed by atoms with Gasteiger partial charge in [-0.15, -0.1) is 0 Å². The molecule has 0 unspecified atom stereocenters. The summed E-state index contributed by atoms with van der Waals surface area (Å²) < 4.78 is 26.7. The first-order chi connectivity index (χ1) is 13.2. The van der Waals surface area contributed by atoms with E-state index in [1.165, 1.54) is 16.4 Å². The fourth-order valence-corrected chi connectivity index (χ4v) is 4.16. The lowest BCUT2D eigenvalue weighted by atomic mass is 10.1. The Hall–Kier alpha value is -2.71. The average molecular weight is 404 g/mol. The van der Waals surface area contributed by atoms with E-state index >= 15 is 0 Å². The summed E-state index contributed by atoms with van der Waals surface area (Å²) in [7, 11) is -3.69. The van der Waals surface area contributed by atoms with Crippen molar-refractivity contribution in [3.05, 3.63) is 64.7 Å². The van der Waals surface area contributed by atoms with E-state index < -0.39 is 21.8 Å². The van der Waals surface area contributed by atoms with Crippen molar-refractivity contribution in [1.82, 2.24) is 15.2 Å². The lowest BCUT2D eigenvalue weighted by molar-refractivity contribution is 0.0846. The van der Waals surface area contributed by atoms with Gasteiger partial charge in [-0.05, 0) is 43.7 Å². The monoisotopic (exact) mass is 403 g/mol. The molecule has 0 radical (unpaired) electrons. The van der Waals surface area contributed by atoms with Crippen molar-refractivity contribution in [2.45, 2.75) is 32.6 Å². The molecule has 2 N–H and O–H groups in total. The van der Waals surface area contributed by atoms with Crippen LogP contribution in [-0.4, -0.2) is 37.6 Å². The molecule has 0 heterocycles. The molecule has 7 nitrogen and oxygen atoms in total. The minimum absolute atomic E-state index is 0.0387. The Morgan fingerprint density at radius 3 is 2.04 bits per heavy atom. The van der Waals surface area contributed by atoms with Crippen molar-refractivity contribution in [1.29, 1.82) is 0 Å². The van der Waals surface area contributed by atoms with Crippen LogP contribution in [-0.2, 0) is 10.0 Å². The van der Waals surface area contributed by atoms with Crippen LogP contribution in [0.5, 0.6) is 0 Å². The highest BCUT2D eigenvalue weighted by Crippen LogP contribution is 2.19. The van der Waals surface area contributed by atoms with Gasteiger partial charge < -0.3 is 0 Å². The van der Waals surface area contributed by atoms with E-state index in [2.05, 4.69) is 10.9 Å². The predicted molar refractivity (Wildman–Crippen MR) is 107 cm³/mol. The highest BCUT2D eigenvalue weighted by atomic mass is 32.2. The van der Waals surface area contributed by atoms with Crippen LogP contribution in [0.4, 0.5) is 0 Å². The minimum Gasteiger partial charge on any atom is -0.267 e. The quantitative estimate of drug-likeness (QED) is 0.724. The smallest absolute Gasteiger partial charge is 0.267 e. The molecular formula is C20H25N3O4S. The number of nitrogens with zero attached hydrogens (tertiary/aromatic N) is 1. The first kappa shape index (κ1) is 21.6. The molecule has 2 aromatic carbocycles. The van der Waals surface area contributed by atoms with Crippen molar-refractivity contribution in [3.8, 4) is 0 Å². The van der Waals surface area contributed by atoms with E-state index in [4.69, 9.17) is 0 Å². The molecule has 2 amide bonds. The molecule has 0 aromatic heterocycles. The van der Waals surface area contributed by atoms with Crippen molar-refractivity contribution in [2.75, 3.05) is 13.1 Å². The molecule has 8 heteroatoms. The molecule has 0 saturated heterocycles. The second kappa shape index (κ2) is 8.99. The van der Waals surface area contributed by atoms with Gasteiger partial charge in [0, 0.05) is 24.2 Å². The van der Waals surface area contributed by atoms with Gasteiger partial charge in [0.05, 0.1) is 4.90 Å². The van der Waals surface area contributed by atoms with Gasteiger partial charge in [-0.3, -0.25) is 20.4 Å². The maximum atomic E-state index is 12.7. The zero-order valence-corrected chi connectivity index (χ0v) is 17.3. The van der Waals surface area contributed by atoms with Crippen LogP contribution in [0.2, 0.25) is 0 Å². The fourth-order valence-electron chi connectivity index (χ4n) is 2.68. The molecule has 0 spiro atoms. The van der Waals surface area contributed by atoms with Gasteiger partial charge in [-0.1, -0.05) is 37.6 Å². The summed E-state index contributed by atoms with van der Waals surface area (Å²) in [6, 6.07) is 11.3. The first-order valence-electron chi connectivity index (χ1n) is 8.98. The topological polar surface area (TPSA) is 95.6 Å². The lowest BCUT2D eigenvalue weighted by Gasteiger charge is -2.19. The van der Waals surface area contributed by atoms with Crippen LogP contribution in [0.15, 0.2) is 47.4 Å². The Balaban J connectivity index is 2.19. The van der Waals surface area contributed by atoms with Crippen molar-refractivity contribution in [2.24, 2.45) is 0 Å². The summed E-state index contributed by atoms with van der Waals surface area (Å²) in [6.07, 6.45) is 0. The Morgan fingerprint density at radius 1 is 0.893 bits per heavy atom. The zero-order valence-electron chi connectivity index (χ0n) is 16.4. The van der Waals surface area contributed by atoms with Gasteiger partial charge in [0.25, 0.3) is 11.8 Å². The number of hydrogen-bond donors (Lipinski definition) is 2. The summed E-state index contributed by atoms with van der Waals surface area (Å²) in [6.45, 7) is 7.78. The standard InChI is InChI=1S/C20H25N3O4S/c1-5-23(6-2)28(26,27)17-12-9-15(4)18(13-17)20(25)22-21-19(24)16-10-7-14(3)8-11-16/h7-13H,5-6H2,1-4H3,(H,21,24)(H,22,25). The summed E-state index contributed by atoms with van der Waals surface area (Å²) in [5.74, 6) is -1.05. The number of benzene rings is 2. The van der Waals surface area contributed by atoms with Gasteiger partial charge in [-0.2, -0.15) is 4.31 Å². The van der Waals surface area contributed by atoms with Crippen molar-refractivity contribution < 1.29 is 18.0 Å². The van der Waals surface area contributed by atoms with Crippen LogP contribution in [0.25, 0.3) is 0 Å². The van der Waals surface area contributed by atoms with Gasteiger partial charge >= 0.3 is 0 Å². The largest absolute Gasteiger partial charge is 0.270 e. The van der Waals surface area contributed by atoms with E-state index in [9.17, 15) is 18.0 Å². The van der Waals surface area contributed by atoms with Crippen LogP contribution in [0.3, 0.4) is 0 Å². The van der Waals surface area contributed by atoms with E-state index in [0.717, 1.165) is 5.56 Å². The number of amides is 2. The van der Waals surface area contributed by atoms with Gasteiger partial charge in [0.1, 0.15) is 0 Å². The van der Waals surface area contributed by atoms with Crippen molar-refractivity contribution >= 4 is 21.8 Å². The lowest BCUT2D eigenvalue weighted by Crippen LogP contribution is -2.42. The molecular weight excluding hydrogens is 378 g/mol. The number of aryl methyl sites for hydroxylation is 2. The number of hydrogen-bond acceptors (Lipinski definition) is 4. The number of sulfonamides is 1. The normalized spacial score (nSPS) is 11.3. The van der Waals surface area contributed by atoms with E-state index in [1.807, 2.05) is 6.92 Å². The third kappa shape index (κ3) is 4.76. The second-order valence-electron chi connectivity index (χ2n) is 6.34. The molecule has 0 aliphatic heterocycles. The van der Waals surface area contributed by atoms with Crippen LogP contribution in [0, 0.1) is 13.8 Å². The van der Waals surface area contributed by atoms with Crippen molar-refractivity contribution in [3.63, 3.8) is 0 Å². The molecule has 0 aliphatic rings. The molecule has 2 rings (SSSR count).